The normalized spacial score (nSPS) is 11.8. The molecule has 0 saturated heterocycles. The zero-order valence-electron chi connectivity index (χ0n) is 22.5. The summed E-state index contributed by atoms with van der Waals surface area (Å²) in [6.07, 6.45) is 0.919. The molecule has 2 N–H and O–H groups in total. The topological polar surface area (TPSA) is 60.9 Å². The minimum absolute atomic E-state index is 0.457. The number of halogens is 2. The van der Waals surface area contributed by atoms with Gasteiger partial charge in [-0.15, -0.1) is 0 Å². The fraction of sp³-hybridized carbons (Fsp3) is 0.0556. The van der Waals surface area contributed by atoms with Gasteiger partial charge in [0.05, 0.1) is 16.4 Å². The Hall–Kier alpha value is -4.64. The van der Waals surface area contributed by atoms with Gasteiger partial charge < -0.3 is 10.3 Å². The van der Waals surface area contributed by atoms with Gasteiger partial charge in [0.1, 0.15) is 5.82 Å². The SMILES string of the molecule is NC(=O)c1ccc(Cn2c(-c3ccc4c(c3)-c3ccccc3C4)nc(-c3ccccc3Cl)c2-c2ccccc2Cl)cc1. The molecule has 0 aliphatic heterocycles. The van der Waals surface area contributed by atoms with E-state index >= 15 is 0 Å². The van der Waals surface area contributed by atoms with Crippen LogP contribution in [0.2, 0.25) is 10.0 Å². The van der Waals surface area contributed by atoms with Crippen molar-refractivity contribution in [1.29, 1.82) is 0 Å². The van der Waals surface area contributed by atoms with Gasteiger partial charge in [0.25, 0.3) is 0 Å². The smallest absolute Gasteiger partial charge is 0.248 e. The number of fused-ring (bicyclic) bond motifs is 3. The summed E-state index contributed by atoms with van der Waals surface area (Å²) in [6, 6.07) is 38.0. The third-order valence-electron chi connectivity index (χ3n) is 7.86. The van der Waals surface area contributed by atoms with E-state index in [-0.39, 0.29) is 0 Å². The summed E-state index contributed by atoms with van der Waals surface area (Å²) in [5.41, 5.74) is 16.4. The Bertz CT molecular complexity index is 1990. The van der Waals surface area contributed by atoms with E-state index in [2.05, 4.69) is 47.0 Å². The number of imidazole rings is 1. The van der Waals surface area contributed by atoms with Crippen LogP contribution >= 0.6 is 23.2 Å². The van der Waals surface area contributed by atoms with Crippen molar-refractivity contribution < 1.29 is 4.79 Å². The van der Waals surface area contributed by atoms with E-state index in [1.165, 1.54) is 22.3 Å². The maximum Gasteiger partial charge on any atom is 0.248 e. The van der Waals surface area contributed by atoms with Gasteiger partial charge in [-0.2, -0.15) is 0 Å². The van der Waals surface area contributed by atoms with Crippen molar-refractivity contribution in [3.05, 3.63) is 148 Å². The van der Waals surface area contributed by atoms with Gasteiger partial charge in [-0.3, -0.25) is 4.79 Å². The standard InChI is InChI=1S/C36H25Cl2N3O/c37-31-11-5-3-9-28(31)33-34(29-10-4-6-12-32(29)38)41(21-22-13-15-23(16-14-22)35(39)42)36(40-33)26-18-17-25-19-24-7-1-2-8-27(24)30(25)20-26/h1-18,20H,19,21H2,(H2,39,42). The van der Waals surface area contributed by atoms with E-state index in [1.54, 1.807) is 12.1 Å². The molecular weight excluding hydrogens is 561 g/mol. The molecule has 0 bridgehead atoms. The highest BCUT2D eigenvalue weighted by Gasteiger charge is 2.26. The Kier molecular flexibility index (Phi) is 6.66. The van der Waals surface area contributed by atoms with Gasteiger partial charge in [0, 0.05) is 33.8 Å². The third kappa shape index (κ3) is 4.59. The lowest BCUT2D eigenvalue weighted by molar-refractivity contribution is 0.100. The zero-order valence-corrected chi connectivity index (χ0v) is 24.0. The zero-order chi connectivity index (χ0) is 28.8. The van der Waals surface area contributed by atoms with Gasteiger partial charge in [0.2, 0.25) is 5.91 Å². The molecule has 0 saturated carbocycles. The van der Waals surface area contributed by atoms with Crippen LogP contribution in [0.25, 0.3) is 45.0 Å². The van der Waals surface area contributed by atoms with E-state index in [4.69, 9.17) is 33.9 Å². The van der Waals surface area contributed by atoms with Gasteiger partial charge in [-0.05, 0) is 64.6 Å². The summed E-state index contributed by atoms with van der Waals surface area (Å²) in [5, 5.41) is 1.22. The largest absolute Gasteiger partial charge is 0.366 e. The van der Waals surface area contributed by atoms with Crippen LogP contribution in [-0.2, 0) is 13.0 Å². The molecule has 0 unspecified atom stereocenters. The summed E-state index contributed by atoms with van der Waals surface area (Å²) >= 11 is 13.6. The number of primary amides is 1. The second kappa shape index (κ2) is 10.6. The van der Waals surface area contributed by atoms with Crippen molar-refractivity contribution in [3.63, 3.8) is 0 Å². The first kappa shape index (κ1) is 26.3. The minimum atomic E-state index is -0.457. The van der Waals surface area contributed by atoms with Crippen molar-refractivity contribution in [2.24, 2.45) is 5.73 Å². The molecule has 0 fully saturated rings. The lowest BCUT2D eigenvalue weighted by Gasteiger charge is -2.16. The van der Waals surface area contributed by atoms with E-state index in [1.807, 2.05) is 60.7 Å². The van der Waals surface area contributed by atoms with Crippen LogP contribution in [0.1, 0.15) is 27.0 Å². The summed E-state index contributed by atoms with van der Waals surface area (Å²) in [5.74, 6) is 0.340. The van der Waals surface area contributed by atoms with E-state index in [0.29, 0.717) is 22.2 Å². The number of aromatic nitrogens is 2. The van der Waals surface area contributed by atoms with Crippen molar-refractivity contribution in [2.45, 2.75) is 13.0 Å². The molecule has 1 amide bonds. The molecule has 42 heavy (non-hydrogen) atoms. The number of nitrogens with two attached hydrogens (primary N) is 1. The molecular formula is C36H25Cl2N3O. The van der Waals surface area contributed by atoms with Crippen LogP contribution in [0.15, 0.2) is 115 Å². The molecule has 7 rings (SSSR count). The molecule has 1 aliphatic carbocycles. The Morgan fingerprint density at radius 1 is 0.714 bits per heavy atom. The third-order valence-corrected chi connectivity index (χ3v) is 8.52. The molecule has 1 aliphatic rings. The Morgan fingerprint density at radius 3 is 2.02 bits per heavy atom. The van der Waals surface area contributed by atoms with Crippen molar-refractivity contribution in [3.8, 4) is 45.0 Å². The van der Waals surface area contributed by atoms with Crippen molar-refractivity contribution >= 4 is 29.1 Å². The second-order valence-electron chi connectivity index (χ2n) is 10.4. The second-order valence-corrected chi connectivity index (χ2v) is 11.3. The number of nitrogens with zero attached hydrogens (tertiary/aromatic N) is 2. The fourth-order valence-electron chi connectivity index (χ4n) is 5.81. The quantitative estimate of drug-likeness (QED) is 0.212. The predicted octanol–water partition coefficient (Wildman–Crippen LogP) is 8.91. The molecule has 5 aromatic carbocycles. The van der Waals surface area contributed by atoms with Crippen molar-refractivity contribution in [2.75, 3.05) is 0 Å². The lowest BCUT2D eigenvalue weighted by atomic mass is 10.0. The predicted molar refractivity (Wildman–Crippen MR) is 171 cm³/mol. The highest BCUT2D eigenvalue weighted by atomic mass is 35.5. The van der Waals surface area contributed by atoms with Gasteiger partial charge in [0.15, 0.2) is 0 Å². The van der Waals surface area contributed by atoms with E-state index in [9.17, 15) is 4.79 Å². The molecule has 6 heteroatoms. The maximum absolute atomic E-state index is 11.7. The molecule has 0 radical (unpaired) electrons. The van der Waals surface area contributed by atoms with Crippen LogP contribution in [0.3, 0.4) is 0 Å². The summed E-state index contributed by atoms with van der Waals surface area (Å²) < 4.78 is 2.20. The number of benzene rings is 5. The average Bonchev–Trinajstić information content (AvgIpc) is 3.56. The van der Waals surface area contributed by atoms with Crippen LogP contribution in [0, 0.1) is 0 Å². The first-order valence-corrected chi connectivity index (χ1v) is 14.4. The first-order valence-electron chi connectivity index (χ1n) is 13.7. The molecule has 204 valence electrons. The molecule has 1 aromatic heterocycles. The van der Waals surface area contributed by atoms with Crippen LogP contribution in [0.4, 0.5) is 0 Å². The summed E-state index contributed by atoms with van der Waals surface area (Å²) in [6.45, 7) is 0.486. The van der Waals surface area contributed by atoms with E-state index < -0.39 is 5.91 Å². The molecule has 1 heterocycles. The number of hydrogen-bond donors (Lipinski definition) is 1. The van der Waals surface area contributed by atoms with Gasteiger partial charge in [-0.25, -0.2) is 4.98 Å². The number of rotatable bonds is 6. The Morgan fingerprint density at radius 2 is 1.33 bits per heavy atom. The average molecular weight is 587 g/mol. The molecule has 0 atom stereocenters. The molecule has 4 nitrogen and oxygen atoms in total. The number of carbonyl (C=O) groups excluding carboxylic acids is 1. The number of carbonyl (C=O) groups is 1. The van der Waals surface area contributed by atoms with Gasteiger partial charge in [-0.1, -0.05) is 108 Å². The summed E-state index contributed by atoms with van der Waals surface area (Å²) in [7, 11) is 0. The Labute approximate surface area is 254 Å². The highest BCUT2D eigenvalue weighted by molar-refractivity contribution is 6.34. The summed E-state index contributed by atoms with van der Waals surface area (Å²) in [4.78, 5) is 17.0. The fourth-order valence-corrected chi connectivity index (χ4v) is 6.26. The minimum Gasteiger partial charge on any atom is -0.366 e. The lowest BCUT2D eigenvalue weighted by Crippen LogP contribution is -2.11. The Balaban J connectivity index is 1.49. The first-order chi connectivity index (χ1) is 20.5. The van der Waals surface area contributed by atoms with Crippen LogP contribution < -0.4 is 5.73 Å². The van der Waals surface area contributed by atoms with Gasteiger partial charge >= 0.3 is 0 Å². The van der Waals surface area contributed by atoms with Crippen LogP contribution in [-0.4, -0.2) is 15.5 Å². The number of hydrogen-bond acceptors (Lipinski definition) is 2. The van der Waals surface area contributed by atoms with E-state index in [0.717, 1.165) is 45.9 Å². The highest BCUT2D eigenvalue weighted by Crippen LogP contribution is 2.43. The maximum atomic E-state index is 11.7. The molecule has 0 spiro atoms. The monoisotopic (exact) mass is 585 g/mol. The number of amides is 1. The van der Waals surface area contributed by atoms with Crippen molar-refractivity contribution in [1.82, 2.24) is 9.55 Å². The molecule has 6 aromatic rings. The van der Waals surface area contributed by atoms with Crippen LogP contribution in [0.5, 0.6) is 0 Å².